The lowest BCUT2D eigenvalue weighted by molar-refractivity contribution is 0.835. The Hall–Kier alpha value is -1.06. The summed E-state index contributed by atoms with van der Waals surface area (Å²) in [6.45, 7) is 0.703. The summed E-state index contributed by atoms with van der Waals surface area (Å²) in [5.41, 5.74) is 7.64. The Balaban J connectivity index is 2.44. The minimum Gasteiger partial charge on any atom is -0.330 e. The molecule has 0 unspecified atom stereocenters. The number of aryl methyl sites for hydroxylation is 1. The number of nitrogens with one attached hydrogen (secondary N) is 1. The minimum absolute atomic E-state index is 0.606. The number of H-pyrrole nitrogens is 1. The average molecular weight is 210 g/mol. The molecule has 1 aromatic carbocycles. The fourth-order valence-electron chi connectivity index (χ4n) is 1.56. The summed E-state index contributed by atoms with van der Waals surface area (Å²) in [6.07, 6.45) is 1.93. The van der Waals surface area contributed by atoms with Crippen LogP contribution in [0.3, 0.4) is 0 Å². The van der Waals surface area contributed by atoms with Gasteiger partial charge in [0.15, 0.2) is 0 Å². The molecule has 1 heterocycles. The Kier molecular flexibility index (Phi) is 2.70. The first-order valence-electron chi connectivity index (χ1n) is 4.64. The highest BCUT2D eigenvalue weighted by Crippen LogP contribution is 2.23. The van der Waals surface area contributed by atoms with Gasteiger partial charge in [-0.2, -0.15) is 5.10 Å². The molecule has 0 spiro atoms. The standard InChI is InChI=1S/C10H12ClN3/c11-10-8-5-1-3-7(4-2-6-12)9(8)13-14-10/h1,3,5H,2,4,6,12H2,(H,13,14). The summed E-state index contributed by atoms with van der Waals surface area (Å²) in [7, 11) is 0. The highest BCUT2D eigenvalue weighted by Gasteiger charge is 2.06. The molecule has 74 valence electrons. The van der Waals surface area contributed by atoms with Gasteiger partial charge in [0.2, 0.25) is 0 Å². The van der Waals surface area contributed by atoms with Gasteiger partial charge < -0.3 is 5.73 Å². The zero-order chi connectivity index (χ0) is 9.97. The zero-order valence-corrected chi connectivity index (χ0v) is 8.51. The maximum absolute atomic E-state index is 5.94. The molecular weight excluding hydrogens is 198 g/mol. The topological polar surface area (TPSA) is 54.7 Å². The van der Waals surface area contributed by atoms with Crippen LogP contribution >= 0.6 is 11.6 Å². The van der Waals surface area contributed by atoms with Crippen LogP contribution in [0.25, 0.3) is 10.9 Å². The lowest BCUT2D eigenvalue weighted by Crippen LogP contribution is -2.00. The second-order valence-corrected chi connectivity index (χ2v) is 3.62. The normalized spacial score (nSPS) is 11.0. The monoisotopic (exact) mass is 209 g/mol. The van der Waals surface area contributed by atoms with Gasteiger partial charge in [-0.3, -0.25) is 5.10 Å². The van der Waals surface area contributed by atoms with E-state index >= 15 is 0 Å². The Morgan fingerprint density at radius 2 is 2.29 bits per heavy atom. The molecule has 0 saturated heterocycles. The maximum Gasteiger partial charge on any atom is 0.132 e. The summed E-state index contributed by atoms with van der Waals surface area (Å²) >= 11 is 5.94. The molecule has 0 aliphatic heterocycles. The SMILES string of the molecule is NCCCc1cccc2c(Cl)[nH]nc12. The van der Waals surface area contributed by atoms with Gasteiger partial charge in [-0.25, -0.2) is 0 Å². The molecule has 0 atom stereocenters. The van der Waals surface area contributed by atoms with Crippen molar-refractivity contribution in [2.45, 2.75) is 12.8 Å². The van der Waals surface area contributed by atoms with Crippen LogP contribution in [0.4, 0.5) is 0 Å². The number of hydrogen-bond acceptors (Lipinski definition) is 2. The lowest BCUT2D eigenvalue weighted by Gasteiger charge is -1.99. The highest BCUT2D eigenvalue weighted by molar-refractivity contribution is 6.34. The van der Waals surface area contributed by atoms with E-state index in [-0.39, 0.29) is 0 Å². The van der Waals surface area contributed by atoms with Crippen LogP contribution in [-0.4, -0.2) is 16.7 Å². The number of aromatic amines is 1. The van der Waals surface area contributed by atoms with Crippen molar-refractivity contribution in [2.24, 2.45) is 5.73 Å². The third kappa shape index (κ3) is 1.61. The van der Waals surface area contributed by atoms with Crippen molar-refractivity contribution in [3.63, 3.8) is 0 Å². The highest BCUT2D eigenvalue weighted by atomic mass is 35.5. The fraction of sp³-hybridized carbons (Fsp3) is 0.300. The number of para-hydroxylation sites is 1. The average Bonchev–Trinajstić information content (AvgIpc) is 2.58. The molecule has 2 rings (SSSR count). The summed E-state index contributed by atoms with van der Waals surface area (Å²) in [4.78, 5) is 0. The summed E-state index contributed by atoms with van der Waals surface area (Å²) in [5.74, 6) is 0. The quantitative estimate of drug-likeness (QED) is 0.814. The van der Waals surface area contributed by atoms with E-state index in [1.165, 1.54) is 5.56 Å². The van der Waals surface area contributed by atoms with Gasteiger partial charge in [-0.15, -0.1) is 0 Å². The Morgan fingerprint density at radius 3 is 3.07 bits per heavy atom. The molecule has 14 heavy (non-hydrogen) atoms. The Labute approximate surface area is 87.2 Å². The molecule has 0 bridgehead atoms. The van der Waals surface area contributed by atoms with E-state index in [0.29, 0.717) is 11.7 Å². The molecule has 3 nitrogen and oxygen atoms in total. The van der Waals surface area contributed by atoms with Crippen molar-refractivity contribution < 1.29 is 0 Å². The van der Waals surface area contributed by atoms with E-state index in [9.17, 15) is 0 Å². The van der Waals surface area contributed by atoms with Crippen molar-refractivity contribution in [1.82, 2.24) is 10.2 Å². The van der Waals surface area contributed by atoms with Crippen LogP contribution in [0.15, 0.2) is 18.2 Å². The van der Waals surface area contributed by atoms with E-state index in [2.05, 4.69) is 16.3 Å². The molecule has 1 aromatic heterocycles. The number of nitrogens with two attached hydrogens (primary N) is 1. The third-order valence-corrected chi connectivity index (χ3v) is 2.56. The van der Waals surface area contributed by atoms with Crippen molar-refractivity contribution >= 4 is 22.5 Å². The molecular formula is C10H12ClN3. The molecule has 0 aliphatic carbocycles. The van der Waals surface area contributed by atoms with E-state index in [0.717, 1.165) is 23.7 Å². The van der Waals surface area contributed by atoms with E-state index in [1.807, 2.05) is 12.1 Å². The molecule has 2 aromatic rings. The smallest absolute Gasteiger partial charge is 0.132 e. The third-order valence-electron chi connectivity index (χ3n) is 2.27. The van der Waals surface area contributed by atoms with E-state index < -0.39 is 0 Å². The number of benzene rings is 1. The van der Waals surface area contributed by atoms with Gasteiger partial charge in [-0.05, 0) is 31.0 Å². The maximum atomic E-state index is 5.94. The molecule has 4 heteroatoms. The first kappa shape index (κ1) is 9.49. The number of hydrogen-bond donors (Lipinski definition) is 2. The van der Waals surface area contributed by atoms with Crippen molar-refractivity contribution in [2.75, 3.05) is 6.54 Å². The van der Waals surface area contributed by atoms with Gasteiger partial charge >= 0.3 is 0 Å². The molecule has 0 amide bonds. The fourth-order valence-corrected chi connectivity index (χ4v) is 1.75. The Morgan fingerprint density at radius 1 is 1.43 bits per heavy atom. The van der Waals surface area contributed by atoms with Crippen molar-refractivity contribution in [3.8, 4) is 0 Å². The lowest BCUT2D eigenvalue weighted by atomic mass is 10.1. The summed E-state index contributed by atoms with van der Waals surface area (Å²) < 4.78 is 0. The zero-order valence-electron chi connectivity index (χ0n) is 7.76. The first-order chi connectivity index (χ1) is 6.83. The van der Waals surface area contributed by atoms with Crippen LogP contribution < -0.4 is 5.73 Å². The summed E-state index contributed by atoms with van der Waals surface area (Å²) in [5, 5.41) is 8.54. The van der Waals surface area contributed by atoms with E-state index in [1.54, 1.807) is 0 Å². The number of nitrogens with zero attached hydrogens (tertiary/aromatic N) is 1. The van der Waals surface area contributed by atoms with Crippen LogP contribution in [0.5, 0.6) is 0 Å². The minimum atomic E-state index is 0.606. The number of halogens is 1. The van der Waals surface area contributed by atoms with Crippen LogP contribution in [-0.2, 0) is 6.42 Å². The van der Waals surface area contributed by atoms with Gasteiger partial charge in [0.25, 0.3) is 0 Å². The largest absolute Gasteiger partial charge is 0.330 e. The van der Waals surface area contributed by atoms with Crippen LogP contribution in [0.2, 0.25) is 5.15 Å². The predicted octanol–water partition coefficient (Wildman–Crippen LogP) is 2.11. The van der Waals surface area contributed by atoms with Gasteiger partial charge in [0.1, 0.15) is 5.15 Å². The van der Waals surface area contributed by atoms with Gasteiger partial charge in [0, 0.05) is 5.39 Å². The Bertz CT molecular complexity index is 436. The first-order valence-corrected chi connectivity index (χ1v) is 5.02. The molecule has 0 aliphatic rings. The molecule has 0 radical (unpaired) electrons. The molecule has 0 fully saturated rings. The number of rotatable bonds is 3. The number of fused-ring (bicyclic) bond motifs is 1. The van der Waals surface area contributed by atoms with Crippen LogP contribution in [0, 0.1) is 0 Å². The van der Waals surface area contributed by atoms with E-state index in [4.69, 9.17) is 17.3 Å². The van der Waals surface area contributed by atoms with Gasteiger partial charge in [0.05, 0.1) is 5.52 Å². The van der Waals surface area contributed by atoms with Crippen LogP contribution in [0.1, 0.15) is 12.0 Å². The predicted molar refractivity (Wildman–Crippen MR) is 58.5 cm³/mol. The number of aromatic nitrogens is 2. The second-order valence-electron chi connectivity index (χ2n) is 3.24. The summed E-state index contributed by atoms with van der Waals surface area (Å²) in [6, 6.07) is 6.03. The van der Waals surface area contributed by atoms with Crippen molar-refractivity contribution in [3.05, 3.63) is 28.9 Å². The molecule has 3 N–H and O–H groups in total. The molecule has 0 saturated carbocycles. The van der Waals surface area contributed by atoms with Gasteiger partial charge in [-0.1, -0.05) is 23.7 Å². The second kappa shape index (κ2) is 3.98. The van der Waals surface area contributed by atoms with Crippen molar-refractivity contribution in [1.29, 1.82) is 0 Å².